The second-order valence-corrected chi connectivity index (χ2v) is 5.52. The van der Waals surface area contributed by atoms with Gasteiger partial charge in [0, 0.05) is 12.5 Å². The number of nitrogens with one attached hydrogen (secondary N) is 2. The molecule has 1 aromatic heterocycles. The summed E-state index contributed by atoms with van der Waals surface area (Å²) in [5.41, 5.74) is 5.51. The fourth-order valence-electron chi connectivity index (χ4n) is 2.90. The molecular weight excluding hydrogens is 248 g/mol. The number of aromatic nitrogens is 3. The summed E-state index contributed by atoms with van der Waals surface area (Å²) in [5, 5.41) is 10.4. The minimum atomic E-state index is 0.380. The van der Waals surface area contributed by atoms with E-state index < -0.39 is 0 Å². The monoisotopic (exact) mass is 272 g/mol. The van der Waals surface area contributed by atoms with Crippen LogP contribution < -0.4 is 5.32 Å². The van der Waals surface area contributed by atoms with E-state index in [1.54, 1.807) is 6.33 Å². The molecule has 1 heterocycles. The van der Waals surface area contributed by atoms with E-state index in [2.05, 4.69) is 60.3 Å². The van der Waals surface area contributed by atoms with Crippen LogP contribution >= 0.6 is 0 Å². The van der Waals surface area contributed by atoms with Gasteiger partial charge in [-0.15, -0.1) is 0 Å². The molecule has 2 rings (SSSR count). The van der Waals surface area contributed by atoms with Crippen LogP contribution in [0.4, 0.5) is 0 Å². The topological polar surface area (TPSA) is 53.6 Å². The zero-order valence-electron chi connectivity index (χ0n) is 12.8. The van der Waals surface area contributed by atoms with Gasteiger partial charge in [-0.05, 0) is 57.4 Å². The maximum absolute atomic E-state index is 4.13. The van der Waals surface area contributed by atoms with Gasteiger partial charge in [-0.1, -0.05) is 17.7 Å². The van der Waals surface area contributed by atoms with E-state index in [0.717, 1.165) is 25.2 Å². The second kappa shape index (κ2) is 6.66. The third-order valence-electron chi connectivity index (χ3n) is 3.68. The highest BCUT2D eigenvalue weighted by Gasteiger charge is 2.11. The summed E-state index contributed by atoms with van der Waals surface area (Å²) in [6, 6.07) is 4.90. The molecule has 0 spiro atoms. The van der Waals surface area contributed by atoms with E-state index in [0.29, 0.717) is 6.04 Å². The van der Waals surface area contributed by atoms with Gasteiger partial charge in [-0.25, -0.2) is 4.98 Å². The number of nitrogens with zero attached hydrogens (tertiary/aromatic N) is 2. The van der Waals surface area contributed by atoms with Gasteiger partial charge in [0.2, 0.25) is 0 Å². The summed E-state index contributed by atoms with van der Waals surface area (Å²) >= 11 is 0. The van der Waals surface area contributed by atoms with Crippen LogP contribution in [0.1, 0.15) is 47.5 Å². The molecule has 0 saturated carbocycles. The lowest BCUT2D eigenvalue weighted by Crippen LogP contribution is -2.22. The summed E-state index contributed by atoms with van der Waals surface area (Å²) in [4.78, 5) is 4.13. The van der Waals surface area contributed by atoms with Crippen LogP contribution in [0, 0.1) is 20.8 Å². The fraction of sp³-hybridized carbons (Fsp3) is 0.500. The molecule has 2 aromatic rings. The van der Waals surface area contributed by atoms with E-state index in [4.69, 9.17) is 0 Å². The number of benzene rings is 1. The third kappa shape index (κ3) is 3.67. The van der Waals surface area contributed by atoms with Crippen molar-refractivity contribution in [3.05, 3.63) is 46.5 Å². The zero-order chi connectivity index (χ0) is 14.5. The van der Waals surface area contributed by atoms with Crippen molar-refractivity contribution < 1.29 is 0 Å². The van der Waals surface area contributed by atoms with Crippen LogP contribution in [0.15, 0.2) is 18.5 Å². The van der Waals surface area contributed by atoms with Crippen molar-refractivity contribution in [1.29, 1.82) is 0 Å². The average molecular weight is 272 g/mol. The summed E-state index contributed by atoms with van der Waals surface area (Å²) in [7, 11) is 0. The second-order valence-electron chi connectivity index (χ2n) is 5.52. The molecule has 0 bridgehead atoms. The zero-order valence-corrected chi connectivity index (χ0v) is 12.8. The molecule has 1 atom stereocenters. The van der Waals surface area contributed by atoms with Gasteiger partial charge in [0.25, 0.3) is 0 Å². The van der Waals surface area contributed by atoms with E-state index in [1.165, 1.54) is 22.3 Å². The molecule has 4 nitrogen and oxygen atoms in total. The van der Waals surface area contributed by atoms with Crippen molar-refractivity contribution in [3.63, 3.8) is 0 Å². The first kappa shape index (κ1) is 14.7. The highest BCUT2D eigenvalue weighted by atomic mass is 15.2. The van der Waals surface area contributed by atoms with Crippen molar-refractivity contribution in [2.24, 2.45) is 0 Å². The minimum Gasteiger partial charge on any atom is -0.310 e. The van der Waals surface area contributed by atoms with Gasteiger partial charge < -0.3 is 5.32 Å². The molecule has 0 aliphatic carbocycles. The highest BCUT2D eigenvalue weighted by Crippen LogP contribution is 2.23. The number of hydrogen-bond donors (Lipinski definition) is 2. The Morgan fingerprint density at radius 2 is 1.90 bits per heavy atom. The molecule has 1 unspecified atom stereocenters. The normalized spacial score (nSPS) is 12.6. The Morgan fingerprint density at radius 3 is 2.50 bits per heavy atom. The first-order chi connectivity index (χ1) is 9.58. The molecule has 0 aliphatic heterocycles. The van der Waals surface area contributed by atoms with Crippen LogP contribution in [0.3, 0.4) is 0 Å². The summed E-state index contributed by atoms with van der Waals surface area (Å²) in [6.07, 6.45) is 3.56. The molecule has 2 N–H and O–H groups in total. The van der Waals surface area contributed by atoms with Gasteiger partial charge in [0.15, 0.2) is 0 Å². The van der Waals surface area contributed by atoms with Crippen LogP contribution in [-0.2, 0) is 6.42 Å². The number of aromatic amines is 1. The predicted molar refractivity (Wildman–Crippen MR) is 81.8 cm³/mol. The van der Waals surface area contributed by atoms with Crippen LogP contribution in [0.2, 0.25) is 0 Å². The van der Waals surface area contributed by atoms with E-state index in [9.17, 15) is 0 Å². The van der Waals surface area contributed by atoms with E-state index in [-0.39, 0.29) is 0 Å². The first-order valence-corrected chi connectivity index (χ1v) is 7.23. The van der Waals surface area contributed by atoms with Crippen molar-refractivity contribution in [3.8, 4) is 0 Å². The number of aryl methyl sites for hydroxylation is 4. The summed E-state index contributed by atoms with van der Waals surface area (Å²) in [5.74, 6) is 0.960. The molecule has 20 heavy (non-hydrogen) atoms. The van der Waals surface area contributed by atoms with Gasteiger partial charge in [0.05, 0.1) is 0 Å². The van der Waals surface area contributed by atoms with Crippen molar-refractivity contribution in [2.75, 3.05) is 6.54 Å². The Kier molecular flexibility index (Phi) is 4.90. The maximum atomic E-state index is 4.13. The lowest BCUT2D eigenvalue weighted by molar-refractivity contribution is 0.550. The van der Waals surface area contributed by atoms with Crippen molar-refractivity contribution in [2.45, 2.75) is 46.6 Å². The lowest BCUT2D eigenvalue weighted by atomic mass is 9.95. The third-order valence-corrected chi connectivity index (χ3v) is 3.68. The highest BCUT2D eigenvalue weighted by molar-refractivity contribution is 5.39. The van der Waals surface area contributed by atoms with Crippen molar-refractivity contribution >= 4 is 0 Å². The van der Waals surface area contributed by atoms with Gasteiger partial charge in [-0.2, -0.15) is 5.10 Å². The molecular formula is C16H24N4. The van der Waals surface area contributed by atoms with E-state index >= 15 is 0 Å². The van der Waals surface area contributed by atoms with Gasteiger partial charge in [-0.3, -0.25) is 5.10 Å². The predicted octanol–water partition coefficient (Wildman–Crippen LogP) is 3.01. The minimum absolute atomic E-state index is 0.380. The Hall–Kier alpha value is -1.68. The maximum Gasteiger partial charge on any atom is 0.137 e. The lowest BCUT2D eigenvalue weighted by Gasteiger charge is -2.19. The smallest absolute Gasteiger partial charge is 0.137 e. The van der Waals surface area contributed by atoms with Crippen LogP contribution in [-0.4, -0.2) is 21.7 Å². The largest absolute Gasteiger partial charge is 0.310 e. The Morgan fingerprint density at radius 1 is 1.20 bits per heavy atom. The molecule has 0 saturated heterocycles. The fourth-order valence-corrected chi connectivity index (χ4v) is 2.90. The molecule has 0 fully saturated rings. The molecule has 0 aliphatic rings. The Balaban J connectivity index is 1.87. The van der Waals surface area contributed by atoms with Crippen molar-refractivity contribution in [1.82, 2.24) is 20.5 Å². The number of hydrogen-bond acceptors (Lipinski definition) is 3. The number of rotatable bonds is 6. The standard InChI is InChI=1S/C16H24N4/c1-11-8-12(2)16(13(3)9-11)14(4)17-7-5-6-15-18-10-19-20-15/h8-10,14,17H,5-7H2,1-4H3,(H,18,19,20). The summed E-state index contributed by atoms with van der Waals surface area (Å²) < 4.78 is 0. The molecule has 0 amide bonds. The Bertz CT molecular complexity index is 523. The Labute approximate surface area is 121 Å². The van der Waals surface area contributed by atoms with Gasteiger partial charge >= 0.3 is 0 Å². The van der Waals surface area contributed by atoms with Crippen LogP contribution in [0.5, 0.6) is 0 Å². The molecule has 108 valence electrons. The quantitative estimate of drug-likeness (QED) is 0.795. The SMILES string of the molecule is Cc1cc(C)c(C(C)NCCCc2ncn[nH]2)c(C)c1. The average Bonchev–Trinajstić information content (AvgIpc) is 2.86. The molecule has 0 radical (unpaired) electrons. The van der Waals surface area contributed by atoms with Crippen LogP contribution in [0.25, 0.3) is 0 Å². The number of H-pyrrole nitrogens is 1. The molecule has 1 aromatic carbocycles. The van der Waals surface area contributed by atoms with E-state index in [1.807, 2.05) is 0 Å². The van der Waals surface area contributed by atoms with Gasteiger partial charge in [0.1, 0.15) is 12.2 Å². The first-order valence-electron chi connectivity index (χ1n) is 7.23. The molecule has 4 heteroatoms. The summed E-state index contributed by atoms with van der Waals surface area (Å²) in [6.45, 7) is 9.76.